The van der Waals surface area contributed by atoms with Crippen LogP contribution in [-0.4, -0.2) is 64.9 Å². The molecule has 1 heterocycles. The fourth-order valence-electron chi connectivity index (χ4n) is 2.70. The first-order valence-corrected chi connectivity index (χ1v) is 11.7. The molecule has 1 aromatic rings. The number of hydrogen-bond acceptors (Lipinski definition) is 8. The molecule has 0 aliphatic heterocycles. The molecule has 1 aromatic heterocycles. The number of rotatable bonds is 15. The third kappa shape index (κ3) is 12.1. The van der Waals surface area contributed by atoms with E-state index in [0.717, 1.165) is 17.8 Å². The summed E-state index contributed by atoms with van der Waals surface area (Å²) in [5.41, 5.74) is 16.7. The molecule has 0 saturated heterocycles. The molecule has 0 unspecified atom stereocenters. The molecule has 0 aliphatic rings. The fraction of sp³-hybridized carbons (Fsp3) is 0.600. The van der Waals surface area contributed by atoms with Crippen molar-refractivity contribution in [3.63, 3.8) is 0 Å². The lowest BCUT2D eigenvalue weighted by atomic mass is 10.1. The first-order valence-electron chi connectivity index (χ1n) is 10.8. The van der Waals surface area contributed by atoms with Gasteiger partial charge in [0.05, 0.1) is 24.6 Å². The lowest BCUT2D eigenvalue weighted by Crippen LogP contribution is -2.48. The van der Waals surface area contributed by atoms with E-state index in [1.807, 2.05) is 13.8 Å². The van der Waals surface area contributed by atoms with Crippen molar-refractivity contribution >= 4 is 46.1 Å². The summed E-state index contributed by atoms with van der Waals surface area (Å²) in [6, 6.07) is -1.98. The van der Waals surface area contributed by atoms with Gasteiger partial charge in [-0.15, -0.1) is 11.3 Å². The maximum absolute atomic E-state index is 12.4. The van der Waals surface area contributed by atoms with Gasteiger partial charge in [0.15, 0.2) is 11.1 Å². The van der Waals surface area contributed by atoms with Crippen molar-refractivity contribution in [3.8, 4) is 0 Å². The van der Waals surface area contributed by atoms with Crippen molar-refractivity contribution in [2.45, 2.75) is 58.0 Å². The number of carbonyl (C=O) groups excluding carboxylic acids is 3. The number of aliphatic imine (C=N–C) groups is 1. The molecule has 0 aromatic carbocycles. The number of nitrogens with zero attached hydrogens (tertiary/aromatic N) is 2. The highest BCUT2D eigenvalue weighted by Gasteiger charge is 2.24. The smallest absolute Gasteiger partial charge is 0.305 e. The van der Waals surface area contributed by atoms with Crippen LogP contribution in [0, 0.1) is 5.92 Å². The van der Waals surface area contributed by atoms with Gasteiger partial charge in [0, 0.05) is 18.5 Å². The predicted octanol–water partition coefficient (Wildman–Crippen LogP) is -0.873. The Bertz CT molecular complexity index is 869. The first-order chi connectivity index (χ1) is 16.0. The Labute approximate surface area is 202 Å². The molecule has 190 valence electrons. The maximum Gasteiger partial charge on any atom is 0.305 e. The van der Waals surface area contributed by atoms with Gasteiger partial charge in [-0.2, -0.15) is 0 Å². The van der Waals surface area contributed by atoms with E-state index in [4.69, 9.17) is 22.3 Å². The molecular formula is C20H34N8O5S. The zero-order valence-electron chi connectivity index (χ0n) is 19.4. The lowest BCUT2D eigenvalue weighted by Gasteiger charge is -2.17. The standard InChI is InChI=1S/C20H34N8O5S/c1-11(2)5-7-24-18(33)14(9-16(30)31)27-15(29)8-12-10-34-20(26-12)28-17(32)13(21)4-3-6-25-19(22)23/h10-11,13-14H,3-9,21H2,1-2H3,(H,24,33)(H,27,29)(H,30,31)(H4,22,23,25)(H,26,28,32)/t13-,14-/m0/s1. The molecule has 0 aliphatic carbocycles. The molecule has 0 fully saturated rings. The van der Waals surface area contributed by atoms with Crippen LogP contribution in [0.1, 0.15) is 45.2 Å². The van der Waals surface area contributed by atoms with Gasteiger partial charge >= 0.3 is 5.97 Å². The van der Waals surface area contributed by atoms with Gasteiger partial charge in [-0.1, -0.05) is 13.8 Å². The van der Waals surface area contributed by atoms with Crippen LogP contribution in [0.5, 0.6) is 0 Å². The summed E-state index contributed by atoms with van der Waals surface area (Å²) in [5.74, 6) is -2.43. The first kappa shape index (κ1) is 28.8. The van der Waals surface area contributed by atoms with Crippen LogP contribution in [0.4, 0.5) is 5.13 Å². The maximum atomic E-state index is 12.4. The summed E-state index contributed by atoms with van der Waals surface area (Å²) in [6.45, 7) is 4.73. The van der Waals surface area contributed by atoms with Gasteiger partial charge in [0.2, 0.25) is 17.7 Å². The Balaban J connectivity index is 2.57. The topological polar surface area (TPSA) is 228 Å². The third-order valence-corrected chi connectivity index (χ3v) is 5.29. The number of nitrogens with two attached hydrogens (primary N) is 3. The van der Waals surface area contributed by atoms with Gasteiger partial charge in [-0.25, -0.2) is 4.98 Å². The number of aromatic nitrogens is 1. The minimum atomic E-state index is -1.21. The van der Waals surface area contributed by atoms with Gasteiger partial charge in [-0.3, -0.25) is 24.2 Å². The number of thiazole rings is 1. The molecule has 10 N–H and O–H groups in total. The van der Waals surface area contributed by atoms with E-state index in [2.05, 4.69) is 25.9 Å². The molecule has 0 saturated carbocycles. The van der Waals surface area contributed by atoms with E-state index < -0.39 is 42.2 Å². The van der Waals surface area contributed by atoms with Crippen molar-refractivity contribution in [3.05, 3.63) is 11.1 Å². The number of anilines is 1. The zero-order valence-corrected chi connectivity index (χ0v) is 20.2. The molecule has 0 spiro atoms. The Morgan fingerprint density at radius 1 is 1.18 bits per heavy atom. The van der Waals surface area contributed by atoms with Crippen LogP contribution in [-0.2, 0) is 25.6 Å². The Hall–Kier alpha value is -3.26. The quantitative estimate of drug-likeness (QED) is 0.0903. The van der Waals surface area contributed by atoms with E-state index >= 15 is 0 Å². The molecule has 13 nitrogen and oxygen atoms in total. The highest BCUT2D eigenvalue weighted by molar-refractivity contribution is 7.13. The number of amides is 3. The second kappa shape index (κ2) is 14.8. The van der Waals surface area contributed by atoms with Crippen LogP contribution >= 0.6 is 11.3 Å². The molecule has 2 atom stereocenters. The van der Waals surface area contributed by atoms with Crippen LogP contribution in [0.2, 0.25) is 0 Å². The van der Waals surface area contributed by atoms with E-state index in [1.54, 1.807) is 5.38 Å². The second-order valence-electron chi connectivity index (χ2n) is 8.06. The summed E-state index contributed by atoms with van der Waals surface area (Å²) < 4.78 is 0. The molecule has 14 heteroatoms. The third-order valence-electron chi connectivity index (χ3n) is 4.48. The lowest BCUT2D eigenvalue weighted by molar-refractivity contribution is -0.140. The van der Waals surface area contributed by atoms with Gasteiger partial charge in [0.25, 0.3) is 0 Å². The highest BCUT2D eigenvalue weighted by atomic mass is 32.1. The van der Waals surface area contributed by atoms with E-state index in [1.165, 1.54) is 0 Å². The SMILES string of the molecule is CC(C)CCNC(=O)[C@H](CC(=O)O)NC(=O)Cc1csc(NC(=O)[C@@H](N)CCCN=C(N)N)n1. The molecule has 0 bridgehead atoms. The van der Waals surface area contributed by atoms with Gasteiger partial charge in [-0.05, 0) is 25.2 Å². The fourth-order valence-corrected chi connectivity index (χ4v) is 3.41. The van der Waals surface area contributed by atoms with Crippen molar-refractivity contribution < 1.29 is 24.3 Å². The molecule has 1 rings (SSSR count). The number of carbonyl (C=O) groups is 4. The monoisotopic (exact) mass is 498 g/mol. The molecule has 3 amide bonds. The minimum absolute atomic E-state index is 0.0292. The Morgan fingerprint density at radius 3 is 2.50 bits per heavy atom. The second-order valence-corrected chi connectivity index (χ2v) is 8.91. The Morgan fingerprint density at radius 2 is 1.88 bits per heavy atom. The van der Waals surface area contributed by atoms with Crippen LogP contribution in [0.3, 0.4) is 0 Å². The number of carboxylic acids is 1. The van der Waals surface area contributed by atoms with Crippen LogP contribution in [0.15, 0.2) is 10.4 Å². The number of carboxylic acid groups (broad SMARTS) is 1. The summed E-state index contributed by atoms with van der Waals surface area (Å²) >= 11 is 1.11. The highest BCUT2D eigenvalue weighted by Crippen LogP contribution is 2.16. The normalized spacial score (nSPS) is 12.5. The average Bonchev–Trinajstić information content (AvgIpc) is 3.16. The number of guanidine groups is 1. The Kier molecular flexibility index (Phi) is 12.5. The number of hydrogen-bond donors (Lipinski definition) is 7. The zero-order chi connectivity index (χ0) is 25.7. The van der Waals surface area contributed by atoms with Gasteiger partial charge < -0.3 is 38.3 Å². The largest absolute Gasteiger partial charge is 0.481 e. The molecule has 0 radical (unpaired) electrons. The average molecular weight is 499 g/mol. The molecular weight excluding hydrogens is 464 g/mol. The number of nitrogens with one attached hydrogen (secondary N) is 3. The molecule has 34 heavy (non-hydrogen) atoms. The van der Waals surface area contributed by atoms with Crippen molar-refractivity contribution in [2.24, 2.45) is 28.1 Å². The van der Waals surface area contributed by atoms with Crippen LogP contribution in [0.25, 0.3) is 0 Å². The van der Waals surface area contributed by atoms with E-state index in [9.17, 15) is 19.2 Å². The van der Waals surface area contributed by atoms with Crippen molar-refractivity contribution in [2.75, 3.05) is 18.4 Å². The predicted molar refractivity (Wildman–Crippen MR) is 129 cm³/mol. The number of aliphatic carboxylic acids is 1. The van der Waals surface area contributed by atoms with Gasteiger partial charge in [0.1, 0.15) is 6.04 Å². The summed E-state index contributed by atoms with van der Waals surface area (Å²) in [4.78, 5) is 55.9. The van der Waals surface area contributed by atoms with Crippen molar-refractivity contribution in [1.29, 1.82) is 0 Å². The van der Waals surface area contributed by atoms with E-state index in [-0.39, 0.29) is 17.5 Å². The summed E-state index contributed by atoms with van der Waals surface area (Å²) in [6.07, 6.45) is 0.892. The minimum Gasteiger partial charge on any atom is -0.481 e. The van der Waals surface area contributed by atoms with Crippen LogP contribution < -0.4 is 33.2 Å². The van der Waals surface area contributed by atoms with E-state index in [0.29, 0.717) is 37.5 Å². The van der Waals surface area contributed by atoms with Crippen molar-refractivity contribution in [1.82, 2.24) is 15.6 Å². The summed E-state index contributed by atoms with van der Waals surface area (Å²) in [7, 11) is 0. The summed E-state index contributed by atoms with van der Waals surface area (Å²) in [5, 5.41) is 18.6.